The van der Waals surface area contributed by atoms with E-state index in [1.54, 1.807) is 37.3 Å². The molecule has 88 valence electrons. The lowest BCUT2D eigenvalue weighted by Gasteiger charge is -2.14. The molecule has 0 heterocycles. The highest BCUT2D eigenvalue weighted by molar-refractivity contribution is 7.54. The van der Waals surface area contributed by atoms with Crippen LogP contribution in [0, 0.1) is 10.1 Å². The van der Waals surface area contributed by atoms with Gasteiger partial charge in [0.15, 0.2) is 0 Å². The molecule has 1 aromatic rings. The van der Waals surface area contributed by atoms with Crippen LogP contribution in [0.2, 0.25) is 0 Å². The monoisotopic (exact) mass is 245 g/mol. The molecule has 0 fully saturated rings. The zero-order valence-electron chi connectivity index (χ0n) is 8.74. The van der Waals surface area contributed by atoms with Crippen molar-refractivity contribution in [1.29, 1.82) is 0 Å². The molecule has 1 atom stereocenters. The van der Waals surface area contributed by atoms with Crippen molar-refractivity contribution < 1.29 is 18.5 Å². The van der Waals surface area contributed by atoms with E-state index in [4.69, 9.17) is 9.05 Å². The Morgan fingerprint density at radius 1 is 1.38 bits per heavy atom. The number of nitro groups is 1. The van der Waals surface area contributed by atoms with Crippen LogP contribution in [0.1, 0.15) is 6.92 Å². The number of rotatable bonds is 6. The molecule has 0 saturated heterocycles. The lowest BCUT2D eigenvalue weighted by molar-refractivity contribution is -0.461. The summed E-state index contributed by atoms with van der Waals surface area (Å²) < 4.78 is 21.8. The van der Waals surface area contributed by atoms with Crippen molar-refractivity contribution in [3.63, 3.8) is 0 Å². The van der Waals surface area contributed by atoms with Gasteiger partial charge >= 0.3 is 13.9 Å². The molecule has 0 aliphatic heterocycles. The van der Waals surface area contributed by atoms with Crippen molar-refractivity contribution in [2.45, 2.75) is 6.92 Å². The third-order valence-electron chi connectivity index (χ3n) is 1.60. The third kappa shape index (κ3) is 4.00. The van der Waals surface area contributed by atoms with Crippen LogP contribution in [0.5, 0.6) is 5.75 Å². The summed E-state index contributed by atoms with van der Waals surface area (Å²) in [6, 6.07) is 8.23. The summed E-state index contributed by atoms with van der Waals surface area (Å²) in [6.07, 6.45) is -0.838. The molecule has 0 aliphatic rings. The maximum atomic E-state index is 11.9. The molecule has 0 bridgehead atoms. The first-order chi connectivity index (χ1) is 7.56. The Morgan fingerprint density at radius 3 is 2.50 bits per heavy atom. The van der Waals surface area contributed by atoms with Gasteiger partial charge in [0.2, 0.25) is 0 Å². The van der Waals surface area contributed by atoms with Gasteiger partial charge in [0.25, 0.3) is 0 Å². The van der Waals surface area contributed by atoms with Gasteiger partial charge in [-0.05, 0) is 19.1 Å². The summed E-state index contributed by atoms with van der Waals surface area (Å²) in [5.41, 5.74) is 0. The fourth-order valence-electron chi connectivity index (χ4n) is 1.08. The van der Waals surface area contributed by atoms with Crippen LogP contribution in [-0.2, 0) is 9.09 Å². The first kappa shape index (κ1) is 12.7. The van der Waals surface area contributed by atoms with Gasteiger partial charge in [0, 0.05) is 4.92 Å². The van der Waals surface area contributed by atoms with Crippen LogP contribution >= 0.6 is 7.60 Å². The summed E-state index contributed by atoms with van der Waals surface area (Å²) >= 11 is 0. The first-order valence-corrected chi connectivity index (χ1v) is 6.38. The third-order valence-corrected chi connectivity index (χ3v) is 3.32. The molecular formula is C9H12NO5P. The molecule has 0 radical (unpaired) electrons. The number of hydrogen-bond acceptors (Lipinski definition) is 5. The van der Waals surface area contributed by atoms with Gasteiger partial charge in [0.05, 0.1) is 6.61 Å². The van der Waals surface area contributed by atoms with E-state index in [0.29, 0.717) is 5.75 Å². The number of benzene rings is 1. The Morgan fingerprint density at radius 2 is 2.00 bits per heavy atom. The van der Waals surface area contributed by atoms with Gasteiger partial charge in [-0.25, -0.2) is 4.57 Å². The summed E-state index contributed by atoms with van der Waals surface area (Å²) in [5.74, 6) is 0.293. The fourth-order valence-corrected chi connectivity index (χ4v) is 2.39. The zero-order valence-corrected chi connectivity index (χ0v) is 9.63. The van der Waals surface area contributed by atoms with Crippen molar-refractivity contribution in [3.05, 3.63) is 40.4 Å². The minimum atomic E-state index is -3.70. The standard InChI is InChI=1S/C9H12NO5P/c1-2-14-16(13,8-10(11)12)15-9-6-4-3-5-7-9/h3-7H,2,8H2,1H3. The summed E-state index contributed by atoms with van der Waals surface area (Å²) in [4.78, 5) is 9.64. The topological polar surface area (TPSA) is 78.7 Å². The molecule has 0 N–H and O–H groups in total. The van der Waals surface area contributed by atoms with Gasteiger partial charge in [-0.1, -0.05) is 18.2 Å². The highest BCUT2D eigenvalue weighted by atomic mass is 31.2. The number of hydrogen-bond donors (Lipinski definition) is 0. The molecule has 1 rings (SSSR count). The van der Waals surface area contributed by atoms with E-state index in [1.807, 2.05) is 0 Å². The predicted molar refractivity (Wildman–Crippen MR) is 58.2 cm³/mol. The van der Waals surface area contributed by atoms with Crippen molar-refractivity contribution in [3.8, 4) is 5.75 Å². The maximum absolute atomic E-state index is 11.9. The highest BCUT2D eigenvalue weighted by Crippen LogP contribution is 2.47. The average Bonchev–Trinajstić information content (AvgIpc) is 2.17. The maximum Gasteiger partial charge on any atom is 0.449 e. The van der Waals surface area contributed by atoms with Crippen LogP contribution in [0.15, 0.2) is 30.3 Å². The van der Waals surface area contributed by atoms with E-state index in [1.165, 1.54) is 0 Å². The van der Waals surface area contributed by atoms with Crippen LogP contribution in [-0.4, -0.2) is 17.8 Å². The highest BCUT2D eigenvalue weighted by Gasteiger charge is 2.32. The predicted octanol–water partition coefficient (Wildman–Crippen LogP) is 2.53. The second kappa shape index (κ2) is 5.63. The normalized spacial score (nSPS) is 14.1. The van der Waals surface area contributed by atoms with Crippen molar-refractivity contribution in [1.82, 2.24) is 0 Å². The van der Waals surface area contributed by atoms with Crippen molar-refractivity contribution in [2.24, 2.45) is 0 Å². The fraction of sp³-hybridized carbons (Fsp3) is 0.333. The van der Waals surface area contributed by atoms with E-state index < -0.39 is 18.8 Å². The summed E-state index contributed by atoms with van der Waals surface area (Å²) in [5, 5.41) is 10.4. The second-order valence-electron chi connectivity index (χ2n) is 2.91. The minimum absolute atomic E-state index is 0.0952. The number of para-hydroxylation sites is 1. The van der Waals surface area contributed by atoms with Crippen molar-refractivity contribution in [2.75, 3.05) is 12.9 Å². The quantitative estimate of drug-likeness (QED) is 0.437. The van der Waals surface area contributed by atoms with Crippen LogP contribution in [0.4, 0.5) is 0 Å². The molecule has 1 unspecified atom stereocenters. The van der Waals surface area contributed by atoms with Crippen LogP contribution in [0.25, 0.3) is 0 Å². The lowest BCUT2D eigenvalue weighted by atomic mass is 10.3. The van der Waals surface area contributed by atoms with Gasteiger partial charge in [0.1, 0.15) is 5.75 Å². The van der Waals surface area contributed by atoms with Crippen LogP contribution < -0.4 is 4.52 Å². The van der Waals surface area contributed by atoms with E-state index in [0.717, 1.165) is 0 Å². The molecule has 0 amide bonds. The van der Waals surface area contributed by atoms with Gasteiger partial charge in [-0.15, -0.1) is 0 Å². The molecule has 0 saturated carbocycles. The SMILES string of the molecule is CCOP(=O)(C[N+](=O)[O-])Oc1ccccc1. The molecule has 6 nitrogen and oxygen atoms in total. The molecule has 16 heavy (non-hydrogen) atoms. The van der Waals surface area contributed by atoms with E-state index >= 15 is 0 Å². The van der Waals surface area contributed by atoms with E-state index in [9.17, 15) is 14.7 Å². The second-order valence-corrected chi connectivity index (χ2v) is 4.85. The van der Waals surface area contributed by atoms with Gasteiger partial charge in [-0.3, -0.25) is 14.6 Å². The Labute approximate surface area is 92.9 Å². The smallest absolute Gasteiger partial charge is 0.420 e. The Balaban J connectivity index is 2.79. The zero-order chi connectivity index (χ0) is 12.0. The minimum Gasteiger partial charge on any atom is -0.420 e. The molecule has 7 heteroatoms. The largest absolute Gasteiger partial charge is 0.449 e. The molecule has 1 aromatic carbocycles. The molecule has 0 spiro atoms. The Hall–Kier alpha value is -1.39. The average molecular weight is 245 g/mol. The molecule has 0 aromatic heterocycles. The van der Waals surface area contributed by atoms with Crippen molar-refractivity contribution >= 4 is 7.60 Å². The molecular weight excluding hydrogens is 233 g/mol. The number of nitrogens with zero attached hydrogens (tertiary/aromatic N) is 1. The lowest BCUT2D eigenvalue weighted by Crippen LogP contribution is -2.09. The van der Waals surface area contributed by atoms with E-state index in [-0.39, 0.29) is 6.61 Å². The van der Waals surface area contributed by atoms with Gasteiger partial charge < -0.3 is 4.52 Å². The van der Waals surface area contributed by atoms with Gasteiger partial charge in [-0.2, -0.15) is 0 Å². The van der Waals surface area contributed by atoms with E-state index in [2.05, 4.69) is 0 Å². The first-order valence-electron chi connectivity index (χ1n) is 4.66. The Kier molecular flexibility index (Phi) is 4.46. The molecule has 0 aliphatic carbocycles. The summed E-state index contributed by atoms with van der Waals surface area (Å²) in [7, 11) is -3.70. The van der Waals surface area contributed by atoms with Crippen LogP contribution in [0.3, 0.4) is 0 Å². The Bertz CT molecular complexity index is 394. The summed E-state index contributed by atoms with van der Waals surface area (Å²) in [6.45, 7) is 1.69.